The predicted octanol–water partition coefficient (Wildman–Crippen LogP) is 7.58. The molecule has 5 aromatic rings. The summed E-state index contributed by atoms with van der Waals surface area (Å²) in [7, 11) is 0. The monoisotopic (exact) mass is 669 g/mol. The Hall–Kier alpha value is -4.98. The Morgan fingerprint density at radius 3 is 1.92 bits per heavy atom. The van der Waals surface area contributed by atoms with Crippen molar-refractivity contribution in [1.82, 2.24) is 24.4 Å². The highest BCUT2D eigenvalue weighted by atomic mass is 16.6. The fourth-order valence-electron chi connectivity index (χ4n) is 8.04. The molecule has 4 aromatic heterocycles. The average Bonchev–Trinajstić information content (AvgIpc) is 3.78. The molecule has 1 aliphatic heterocycles. The lowest BCUT2D eigenvalue weighted by Crippen LogP contribution is -2.47. The molecule has 1 amide bonds. The second-order valence-electron chi connectivity index (χ2n) is 15.0. The van der Waals surface area contributed by atoms with Crippen molar-refractivity contribution in [3.05, 3.63) is 129 Å². The van der Waals surface area contributed by atoms with Crippen LogP contribution < -0.4 is 5.32 Å². The van der Waals surface area contributed by atoms with Gasteiger partial charge in [-0.25, -0.2) is 9.97 Å². The van der Waals surface area contributed by atoms with Gasteiger partial charge in [0, 0.05) is 47.0 Å². The zero-order chi connectivity index (χ0) is 35.4. The number of pyridine rings is 2. The fraction of sp³-hybridized carbons (Fsp3) is 0.381. The van der Waals surface area contributed by atoms with Crippen LogP contribution in [0.2, 0.25) is 0 Å². The molecule has 0 radical (unpaired) electrons. The Morgan fingerprint density at radius 2 is 1.36 bits per heavy atom. The van der Waals surface area contributed by atoms with Crippen molar-refractivity contribution in [2.24, 2.45) is 5.41 Å². The molecule has 2 fully saturated rings. The number of hydrogen-bond acceptors (Lipinski definition) is 5. The lowest BCUT2D eigenvalue weighted by atomic mass is 9.89. The van der Waals surface area contributed by atoms with Crippen LogP contribution in [0.3, 0.4) is 0 Å². The summed E-state index contributed by atoms with van der Waals surface area (Å²) >= 11 is 0. The van der Waals surface area contributed by atoms with E-state index in [0.717, 1.165) is 75.3 Å². The van der Waals surface area contributed by atoms with Crippen LogP contribution in [0, 0.1) is 47.0 Å². The molecule has 50 heavy (non-hydrogen) atoms. The van der Waals surface area contributed by atoms with Gasteiger partial charge >= 0.3 is 5.97 Å². The number of rotatable bonds is 10. The Labute approximate surface area is 294 Å². The van der Waals surface area contributed by atoms with Crippen molar-refractivity contribution in [1.29, 1.82) is 0 Å². The second kappa shape index (κ2) is 12.7. The standard InChI is InChI=1S/C42H47N5O3/c1-26-19-34(43-37(21-26)46-28(3)11-12-29(46)4)16-15-32-9-8-10-33(23-32)36(45-39(48)42-18-17-41(7,25-42)40(49)50-42)24-35-20-27(2)22-38(44-35)47-30(5)13-14-31(47)6/h8-14,19-23,36H,15-18,24-25H2,1-7H3,(H,45,48)/t36-,41+,42-/m1/s1. The van der Waals surface area contributed by atoms with E-state index in [1.165, 1.54) is 5.56 Å². The maximum atomic E-state index is 14.1. The topological polar surface area (TPSA) is 91.0 Å². The summed E-state index contributed by atoms with van der Waals surface area (Å²) in [5, 5.41) is 3.34. The van der Waals surface area contributed by atoms with E-state index in [1.807, 2.05) is 6.92 Å². The van der Waals surface area contributed by atoms with Crippen molar-refractivity contribution >= 4 is 11.9 Å². The Balaban J connectivity index is 1.18. The number of benzene rings is 1. The van der Waals surface area contributed by atoms with Gasteiger partial charge in [-0.2, -0.15) is 0 Å². The number of carbonyl (C=O) groups excluding carboxylic acids is 2. The first-order valence-electron chi connectivity index (χ1n) is 17.7. The quantitative estimate of drug-likeness (QED) is 0.155. The van der Waals surface area contributed by atoms with Crippen LogP contribution in [-0.2, 0) is 33.6 Å². The molecule has 8 nitrogen and oxygen atoms in total. The third-order valence-corrected chi connectivity index (χ3v) is 10.7. The zero-order valence-electron chi connectivity index (χ0n) is 30.3. The molecule has 258 valence electrons. The van der Waals surface area contributed by atoms with Gasteiger partial charge in [0.05, 0.1) is 11.5 Å². The number of aryl methyl sites for hydroxylation is 8. The van der Waals surface area contributed by atoms with Gasteiger partial charge in [0.2, 0.25) is 0 Å². The summed E-state index contributed by atoms with van der Waals surface area (Å²) in [6, 6.07) is 25.0. The molecule has 5 heterocycles. The first-order chi connectivity index (χ1) is 23.8. The van der Waals surface area contributed by atoms with Crippen molar-refractivity contribution in [3.63, 3.8) is 0 Å². The minimum atomic E-state index is -1.11. The van der Waals surface area contributed by atoms with Gasteiger partial charge in [-0.05, 0) is 145 Å². The molecule has 1 N–H and O–H groups in total. The Morgan fingerprint density at radius 1 is 0.780 bits per heavy atom. The lowest BCUT2D eigenvalue weighted by molar-refractivity contribution is -0.166. The SMILES string of the molecule is Cc1cc(CCc2cccc([C@@H](Cc3cc(C)cc(-n4c(C)ccc4C)n3)NC(=O)[C@@]34CC[C@@](C)(C3)C(=O)O4)c2)nc(-n2c(C)ccc2C)c1. The van der Waals surface area contributed by atoms with Crippen molar-refractivity contribution in [3.8, 4) is 11.6 Å². The van der Waals surface area contributed by atoms with E-state index in [2.05, 4.69) is 129 Å². The van der Waals surface area contributed by atoms with Gasteiger partial charge in [0.15, 0.2) is 5.60 Å². The summed E-state index contributed by atoms with van der Waals surface area (Å²) in [4.78, 5) is 36.9. The highest BCUT2D eigenvalue weighted by molar-refractivity contribution is 5.94. The first-order valence-corrected chi connectivity index (χ1v) is 17.7. The fourth-order valence-corrected chi connectivity index (χ4v) is 8.04. The number of fused-ring (bicyclic) bond motifs is 2. The highest BCUT2D eigenvalue weighted by Gasteiger charge is 2.63. The van der Waals surface area contributed by atoms with Crippen LogP contribution >= 0.6 is 0 Å². The summed E-state index contributed by atoms with van der Waals surface area (Å²) in [5.41, 5.74) is 9.21. The zero-order valence-corrected chi connectivity index (χ0v) is 30.3. The van der Waals surface area contributed by atoms with Crippen LogP contribution in [0.4, 0.5) is 0 Å². The molecule has 1 saturated heterocycles. The van der Waals surface area contributed by atoms with Crippen LogP contribution in [0.25, 0.3) is 11.6 Å². The molecule has 1 aliphatic carbocycles. The van der Waals surface area contributed by atoms with Crippen molar-refractivity contribution < 1.29 is 14.3 Å². The van der Waals surface area contributed by atoms with E-state index in [-0.39, 0.29) is 17.9 Å². The van der Waals surface area contributed by atoms with Gasteiger partial charge in [-0.3, -0.25) is 9.59 Å². The third kappa shape index (κ3) is 6.28. The molecule has 2 aliphatic rings. The molecule has 0 spiro atoms. The van der Waals surface area contributed by atoms with Gasteiger partial charge in [-0.1, -0.05) is 24.3 Å². The summed E-state index contributed by atoms with van der Waals surface area (Å²) in [5.74, 6) is 1.32. The van der Waals surface area contributed by atoms with E-state index < -0.39 is 11.0 Å². The minimum Gasteiger partial charge on any atom is -0.448 e. The molecular formula is C42H47N5O3. The van der Waals surface area contributed by atoms with Gasteiger partial charge in [-0.15, -0.1) is 0 Å². The molecule has 0 unspecified atom stereocenters. The van der Waals surface area contributed by atoms with Crippen LogP contribution in [0.15, 0.2) is 72.8 Å². The number of esters is 1. The number of nitrogens with zero attached hydrogens (tertiary/aromatic N) is 4. The van der Waals surface area contributed by atoms with Crippen LogP contribution in [0.1, 0.15) is 88.6 Å². The molecule has 8 heteroatoms. The maximum Gasteiger partial charge on any atom is 0.313 e. The van der Waals surface area contributed by atoms with E-state index in [1.54, 1.807) is 0 Å². The summed E-state index contributed by atoms with van der Waals surface area (Å²) in [6.07, 6.45) is 3.70. The van der Waals surface area contributed by atoms with Crippen LogP contribution in [-0.4, -0.2) is 36.6 Å². The molecule has 1 aromatic carbocycles. The molecule has 1 saturated carbocycles. The average molecular weight is 670 g/mol. The predicted molar refractivity (Wildman–Crippen MR) is 195 cm³/mol. The number of hydrogen-bond donors (Lipinski definition) is 1. The number of aromatic nitrogens is 4. The largest absolute Gasteiger partial charge is 0.448 e. The van der Waals surface area contributed by atoms with Gasteiger partial charge in [0.1, 0.15) is 11.6 Å². The number of ether oxygens (including phenoxy) is 1. The van der Waals surface area contributed by atoms with Gasteiger partial charge < -0.3 is 19.2 Å². The third-order valence-electron chi connectivity index (χ3n) is 10.7. The number of carbonyl (C=O) groups is 2. The molecule has 2 bridgehead atoms. The number of nitrogens with one attached hydrogen (secondary N) is 1. The highest BCUT2D eigenvalue weighted by Crippen LogP contribution is 2.53. The number of amides is 1. The molecular weight excluding hydrogens is 622 g/mol. The van der Waals surface area contributed by atoms with E-state index in [9.17, 15) is 9.59 Å². The second-order valence-corrected chi connectivity index (χ2v) is 15.0. The van der Waals surface area contributed by atoms with Crippen molar-refractivity contribution in [2.75, 3.05) is 0 Å². The smallest absolute Gasteiger partial charge is 0.313 e. The van der Waals surface area contributed by atoms with Gasteiger partial charge in [0.25, 0.3) is 5.91 Å². The minimum absolute atomic E-state index is 0.223. The van der Waals surface area contributed by atoms with Crippen LogP contribution in [0.5, 0.6) is 0 Å². The van der Waals surface area contributed by atoms with E-state index >= 15 is 0 Å². The van der Waals surface area contributed by atoms with E-state index in [4.69, 9.17) is 14.7 Å². The maximum absolute atomic E-state index is 14.1. The lowest BCUT2D eigenvalue weighted by Gasteiger charge is -2.29. The van der Waals surface area contributed by atoms with E-state index in [0.29, 0.717) is 25.7 Å². The van der Waals surface area contributed by atoms with Crippen molar-refractivity contribution in [2.45, 2.75) is 98.6 Å². The normalized spacial score (nSPS) is 20.3. The summed E-state index contributed by atoms with van der Waals surface area (Å²) in [6.45, 7) is 14.5. The molecule has 3 atom stereocenters. The molecule has 7 rings (SSSR count). The summed E-state index contributed by atoms with van der Waals surface area (Å²) < 4.78 is 10.2. The Bertz CT molecular complexity index is 2090. The first kappa shape index (κ1) is 33.5. The Kier molecular flexibility index (Phi) is 8.53.